The number of esters is 2. The first-order valence-electron chi connectivity index (χ1n) is 9.75. The summed E-state index contributed by atoms with van der Waals surface area (Å²) in [6.07, 6.45) is 0. The van der Waals surface area contributed by atoms with Crippen LogP contribution in [0.3, 0.4) is 0 Å². The van der Waals surface area contributed by atoms with E-state index in [0.717, 1.165) is 47.0 Å². The number of phenols is 2. The molecular weight excluding hydrogens is 517 g/mol. The third-order valence-electron chi connectivity index (χ3n) is 3.89. The number of fused-ring (bicyclic) bond motifs is 2. The summed E-state index contributed by atoms with van der Waals surface area (Å²) in [6.45, 7) is 10.1. The second kappa shape index (κ2) is 9.34. The molecule has 178 valence electrons. The van der Waals surface area contributed by atoms with Crippen LogP contribution in [0.5, 0.6) is 11.5 Å². The van der Waals surface area contributed by atoms with Gasteiger partial charge in [0.25, 0.3) is 0 Å². The molecule has 0 atom stereocenters. The van der Waals surface area contributed by atoms with Crippen LogP contribution in [0, 0.1) is 22.7 Å². The van der Waals surface area contributed by atoms with Crippen molar-refractivity contribution in [1.82, 2.24) is 0 Å². The van der Waals surface area contributed by atoms with E-state index >= 15 is 0 Å². The van der Waals surface area contributed by atoms with Crippen LogP contribution in [-0.4, -0.2) is 33.4 Å². The molecule has 8 nitrogen and oxygen atoms in total. The summed E-state index contributed by atoms with van der Waals surface area (Å²) in [5, 5.41) is 40.9. The smallest absolute Gasteiger partial charge is 0.351 e. The molecule has 12 heteroatoms. The Labute approximate surface area is 213 Å². The Bertz CT molecular complexity index is 1120. The average Bonchev–Trinajstić information content (AvgIpc) is 3.30. The molecule has 0 radical (unpaired) electrons. The second-order valence-corrected chi connectivity index (χ2v) is 13.6. The van der Waals surface area contributed by atoms with Crippen LogP contribution in [0.2, 0.25) is 0 Å². The van der Waals surface area contributed by atoms with Crippen LogP contribution in [0.15, 0.2) is 39.2 Å². The third kappa shape index (κ3) is 5.31. The molecular formula is C22H20N2O6S4. The van der Waals surface area contributed by atoms with Gasteiger partial charge in [-0.1, -0.05) is 47.0 Å². The fourth-order valence-electron chi connectivity index (χ4n) is 2.64. The molecule has 0 bridgehead atoms. The summed E-state index contributed by atoms with van der Waals surface area (Å²) in [4.78, 5) is 26.0. The standard InChI is InChI=1S/C22H20N2O6S4/c1-21(2,3)29-17(27)9(7-23)19-31-13-11(25)15-16(12(26)14(13)32-19)34-20(33-15)10(8-24)18(28)30-22(4,5)6/h25-26H,1-6H3. The van der Waals surface area contributed by atoms with E-state index < -0.39 is 23.1 Å². The number of carbonyl (C=O) groups excluding carboxylic acids is 2. The Balaban J connectivity index is 2.00. The Morgan fingerprint density at radius 2 is 0.941 bits per heavy atom. The van der Waals surface area contributed by atoms with Gasteiger partial charge in [-0.25, -0.2) is 9.59 Å². The molecule has 0 aromatic heterocycles. The number of rotatable bonds is 2. The van der Waals surface area contributed by atoms with Crippen LogP contribution < -0.4 is 0 Å². The quantitative estimate of drug-likeness (QED) is 0.209. The highest BCUT2D eigenvalue weighted by Crippen LogP contribution is 2.67. The van der Waals surface area contributed by atoms with Crippen molar-refractivity contribution in [2.24, 2.45) is 0 Å². The molecule has 1 aromatic rings. The van der Waals surface area contributed by atoms with Crippen molar-refractivity contribution in [3.05, 3.63) is 19.6 Å². The van der Waals surface area contributed by atoms with Gasteiger partial charge in [0.2, 0.25) is 0 Å². The van der Waals surface area contributed by atoms with Crippen LogP contribution in [0.1, 0.15) is 41.5 Å². The largest absolute Gasteiger partial charge is 0.505 e. The van der Waals surface area contributed by atoms with Crippen molar-refractivity contribution in [2.75, 3.05) is 0 Å². The number of thioether (sulfide) groups is 4. The predicted octanol–water partition coefficient (Wildman–Crippen LogP) is 5.65. The van der Waals surface area contributed by atoms with Crippen molar-refractivity contribution in [3.8, 4) is 23.6 Å². The molecule has 34 heavy (non-hydrogen) atoms. The molecule has 3 rings (SSSR count). The number of phenolic OH excluding ortho intramolecular Hbond substituents is 2. The summed E-state index contributed by atoms with van der Waals surface area (Å²) in [7, 11) is 0. The SMILES string of the molecule is CC(C)(C)OC(=O)C(C#N)=C1Sc2c(O)c3c(c(O)c2S1)SC(=C(C#N)C(=O)OC(C)(C)C)S3. The summed E-state index contributed by atoms with van der Waals surface area (Å²) >= 11 is 3.89. The lowest BCUT2D eigenvalue weighted by atomic mass is 10.2. The van der Waals surface area contributed by atoms with Gasteiger partial charge in [-0.3, -0.25) is 0 Å². The first-order chi connectivity index (χ1) is 15.7. The van der Waals surface area contributed by atoms with E-state index in [9.17, 15) is 30.3 Å². The molecule has 2 N–H and O–H groups in total. The van der Waals surface area contributed by atoms with Crippen LogP contribution in [0.25, 0.3) is 0 Å². The van der Waals surface area contributed by atoms with Gasteiger partial charge in [0.1, 0.15) is 34.8 Å². The summed E-state index contributed by atoms with van der Waals surface area (Å²) in [5.74, 6) is -1.94. The van der Waals surface area contributed by atoms with Crippen molar-refractivity contribution >= 4 is 59.0 Å². The molecule has 1 aromatic carbocycles. The van der Waals surface area contributed by atoms with E-state index in [4.69, 9.17) is 9.47 Å². The maximum Gasteiger partial charge on any atom is 0.351 e. The van der Waals surface area contributed by atoms with Gasteiger partial charge in [0.05, 0.1) is 28.1 Å². The Kier molecular flexibility index (Phi) is 7.21. The summed E-state index contributed by atoms with van der Waals surface area (Å²) < 4.78 is 11.1. The van der Waals surface area contributed by atoms with Crippen LogP contribution in [-0.2, 0) is 19.1 Å². The summed E-state index contributed by atoms with van der Waals surface area (Å²) in [6, 6.07) is 3.71. The second-order valence-electron chi connectivity index (χ2n) is 8.97. The van der Waals surface area contributed by atoms with Gasteiger partial charge in [0.15, 0.2) is 11.1 Å². The van der Waals surface area contributed by atoms with E-state index in [1.165, 1.54) is 0 Å². The molecule has 0 aliphatic carbocycles. The number of hydrogen-bond donors (Lipinski definition) is 2. The Morgan fingerprint density at radius 3 is 1.15 bits per heavy atom. The maximum absolute atomic E-state index is 12.5. The molecule has 2 aliphatic heterocycles. The average molecular weight is 537 g/mol. The number of nitriles is 2. The number of benzene rings is 1. The number of ether oxygens (including phenoxy) is 2. The van der Waals surface area contributed by atoms with E-state index in [2.05, 4.69) is 0 Å². The lowest BCUT2D eigenvalue weighted by molar-refractivity contribution is -0.150. The number of aromatic hydroxyl groups is 2. The maximum atomic E-state index is 12.5. The molecule has 0 spiro atoms. The minimum atomic E-state index is -0.797. The van der Waals surface area contributed by atoms with Crippen LogP contribution in [0.4, 0.5) is 0 Å². The van der Waals surface area contributed by atoms with Gasteiger partial charge in [-0.2, -0.15) is 10.5 Å². The molecule has 2 aliphatic rings. The van der Waals surface area contributed by atoms with Crippen molar-refractivity contribution in [1.29, 1.82) is 10.5 Å². The highest BCUT2D eigenvalue weighted by molar-refractivity contribution is 8.26. The van der Waals surface area contributed by atoms with E-state index in [0.29, 0.717) is 0 Å². The fourth-order valence-corrected chi connectivity index (χ4v) is 7.82. The van der Waals surface area contributed by atoms with Crippen molar-refractivity contribution in [3.63, 3.8) is 0 Å². The van der Waals surface area contributed by atoms with Crippen molar-refractivity contribution in [2.45, 2.75) is 72.3 Å². The molecule has 0 unspecified atom stereocenters. The minimum absolute atomic E-state index is 0.175. The fraction of sp³-hybridized carbons (Fsp3) is 0.364. The number of nitrogens with zero attached hydrogens (tertiary/aromatic N) is 2. The normalized spacial score (nSPS) is 14.6. The van der Waals surface area contributed by atoms with E-state index in [1.54, 1.807) is 41.5 Å². The van der Waals surface area contributed by atoms with Gasteiger partial charge in [-0.05, 0) is 41.5 Å². The Hall–Kier alpha value is -2.38. The first-order valence-corrected chi connectivity index (χ1v) is 13.0. The number of carbonyl (C=O) groups is 2. The minimum Gasteiger partial charge on any atom is -0.505 e. The highest BCUT2D eigenvalue weighted by Gasteiger charge is 2.39. The molecule has 0 saturated carbocycles. The molecule has 0 fully saturated rings. The van der Waals surface area contributed by atoms with Gasteiger partial charge >= 0.3 is 11.9 Å². The predicted molar refractivity (Wildman–Crippen MR) is 130 cm³/mol. The zero-order valence-corrected chi connectivity index (χ0v) is 22.3. The van der Waals surface area contributed by atoms with E-state index in [1.807, 2.05) is 12.1 Å². The molecule has 2 heterocycles. The lowest BCUT2D eigenvalue weighted by Gasteiger charge is -2.19. The van der Waals surface area contributed by atoms with Crippen molar-refractivity contribution < 1.29 is 29.3 Å². The topological polar surface area (TPSA) is 141 Å². The van der Waals surface area contributed by atoms with Gasteiger partial charge < -0.3 is 19.7 Å². The molecule has 0 saturated heterocycles. The number of hydrogen-bond acceptors (Lipinski definition) is 12. The zero-order valence-electron chi connectivity index (χ0n) is 19.1. The first kappa shape index (κ1) is 26.2. The molecule has 0 amide bonds. The zero-order chi connectivity index (χ0) is 25.6. The Morgan fingerprint density at radius 1 is 0.676 bits per heavy atom. The van der Waals surface area contributed by atoms with E-state index in [-0.39, 0.29) is 50.7 Å². The van der Waals surface area contributed by atoms with Crippen LogP contribution >= 0.6 is 47.0 Å². The monoisotopic (exact) mass is 536 g/mol. The third-order valence-corrected chi connectivity index (χ3v) is 9.11. The van der Waals surface area contributed by atoms with Gasteiger partial charge in [0, 0.05) is 0 Å². The summed E-state index contributed by atoms with van der Waals surface area (Å²) in [5.41, 5.74) is -2.04. The lowest BCUT2D eigenvalue weighted by Crippen LogP contribution is -2.24. The van der Waals surface area contributed by atoms with Gasteiger partial charge in [-0.15, -0.1) is 0 Å². The highest BCUT2D eigenvalue weighted by atomic mass is 32.2.